The van der Waals surface area contributed by atoms with Gasteiger partial charge in [-0.05, 0) is 12.5 Å². The maximum atomic E-state index is 10.9. The van der Waals surface area contributed by atoms with Crippen LogP contribution in [-0.2, 0) is 9.53 Å². The summed E-state index contributed by atoms with van der Waals surface area (Å²) in [6.07, 6.45) is 17.1. The van der Waals surface area contributed by atoms with Crippen LogP contribution in [0.1, 0.15) is 104 Å². The van der Waals surface area contributed by atoms with E-state index in [4.69, 9.17) is 4.74 Å². The second kappa shape index (κ2) is 20.1. The van der Waals surface area contributed by atoms with E-state index in [0.717, 1.165) is 12.8 Å². The molecule has 0 heterocycles. The van der Waals surface area contributed by atoms with Crippen molar-refractivity contribution in [2.45, 2.75) is 110 Å². The zero-order chi connectivity index (χ0) is 16.5. The number of esters is 1. The molecule has 0 aromatic carbocycles. The Balaban J connectivity index is 0. The molecular weight excluding hydrogens is 283 g/mol. The normalized spacial score (nSPS) is 11.8. The standard InChI is InChI=1S/C19H37O3.Li/c1-3-4-5-6-7-8-9-10-11-12-13-14-15-16-17-22-19(21)18(2)20;/h18H,3-17H2,1-2H3;/q-1;+1. The van der Waals surface area contributed by atoms with Crippen molar-refractivity contribution >= 4 is 5.97 Å². The molecule has 23 heavy (non-hydrogen) atoms. The van der Waals surface area contributed by atoms with Gasteiger partial charge in [0.2, 0.25) is 0 Å². The van der Waals surface area contributed by atoms with Gasteiger partial charge < -0.3 is 9.84 Å². The topological polar surface area (TPSA) is 49.4 Å². The zero-order valence-electron chi connectivity index (χ0n) is 15.9. The summed E-state index contributed by atoms with van der Waals surface area (Å²) in [7, 11) is 0. The number of hydrogen-bond acceptors (Lipinski definition) is 3. The van der Waals surface area contributed by atoms with Gasteiger partial charge in [-0.3, -0.25) is 4.79 Å². The summed E-state index contributed by atoms with van der Waals surface area (Å²) in [5.74, 6) is -0.616. The number of ether oxygens (including phenoxy) is 1. The van der Waals surface area contributed by atoms with E-state index in [9.17, 15) is 9.90 Å². The minimum Gasteiger partial charge on any atom is -0.844 e. The van der Waals surface area contributed by atoms with Gasteiger partial charge in [0, 0.05) is 0 Å². The summed E-state index contributed by atoms with van der Waals surface area (Å²) in [6, 6.07) is 0. The molecule has 0 aromatic heterocycles. The molecule has 0 spiro atoms. The number of unbranched alkanes of at least 4 members (excludes halogenated alkanes) is 13. The Morgan fingerprint density at radius 3 is 1.48 bits per heavy atom. The molecule has 0 saturated carbocycles. The molecule has 4 heteroatoms. The summed E-state index contributed by atoms with van der Waals surface area (Å²) in [4.78, 5) is 10.9. The Morgan fingerprint density at radius 1 is 0.783 bits per heavy atom. The van der Waals surface area contributed by atoms with Crippen molar-refractivity contribution in [3.8, 4) is 0 Å². The van der Waals surface area contributed by atoms with Crippen LogP contribution in [0.4, 0.5) is 0 Å². The van der Waals surface area contributed by atoms with Gasteiger partial charge in [0.25, 0.3) is 5.97 Å². The minimum atomic E-state index is -1.24. The minimum absolute atomic E-state index is 0. The third kappa shape index (κ3) is 20.0. The maximum absolute atomic E-state index is 10.9. The van der Waals surface area contributed by atoms with Crippen molar-refractivity contribution in [2.24, 2.45) is 0 Å². The van der Waals surface area contributed by atoms with Crippen molar-refractivity contribution in [3.63, 3.8) is 0 Å². The monoisotopic (exact) mass is 320 g/mol. The van der Waals surface area contributed by atoms with Crippen molar-refractivity contribution in [2.75, 3.05) is 6.61 Å². The molecule has 0 aliphatic rings. The predicted octanol–water partition coefficient (Wildman–Crippen LogP) is 1.76. The number of carbonyl (C=O) groups is 1. The summed E-state index contributed by atoms with van der Waals surface area (Å²) < 4.78 is 4.86. The van der Waals surface area contributed by atoms with Crippen LogP contribution in [0.25, 0.3) is 0 Å². The van der Waals surface area contributed by atoms with E-state index in [1.165, 1.54) is 84.0 Å². The van der Waals surface area contributed by atoms with Crippen molar-refractivity contribution in [1.82, 2.24) is 0 Å². The van der Waals surface area contributed by atoms with Crippen LogP contribution in [0.3, 0.4) is 0 Å². The van der Waals surface area contributed by atoms with Gasteiger partial charge in [0.05, 0.1) is 6.61 Å². The molecule has 0 N–H and O–H groups in total. The summed E-state index contributed by atoms with van der Waals surface area (Å²) in [5, 5.41) is 10.7. The molecule has 0 rings (SSSR count). The first-order chi connectivity index (χ1) is 10.7. The Bertz CT molecular complexity index is 245. The fourth-order valence-corrected chi connectivity index (χ4v) is 2.59. The van der Waals surface area contributed by atoms with Gasteiger partial charge in [-0.1, -0.05) is 97.3 Å². The predicted molar refractivity (Wildman–Crippen MR) is 90.7 cm³/mol. The molecule has 0 bridgehead atoms. The van der Waals surface area contributed by atoms with Crippen LogP contribution >= 0.6 is 0 Å². The molecule has 0 aliphatic carbocycles. The SMILES string of the molecule is CCCCCCCCCCCCCCCCOC(=O)C(C)[O-].[Li+]. The van der Waals surface area contributed by atoms with Crippen molar-refractivity contribution in [3.05, 3.63) is 0 Å². The third-order valence-corrected chi connectivity index (χ3v) is 4.07. The van der Waals surface area contributed by atoms with E-state index in [1.54, 1.807) is 0 Å². The Morgan fingerprint density at radius 2 is 1.13 bits per heavy atom. The van der Waals surface area contributed by atoms with Gasteiger partial charge in [-0.15, -0.1) is 0 Å². The molecule has 0 fully saturated rings. The van der Waals surface area contributed by atoms with E-state index < -0.39 is 12.1 Å². The van der Waals surface area contributed by atoms with Gasteiger partial charge in [-0.2, -0.15) is 0 Å². The molecule has 0 radical (unpaired) electrons. The average Bonchev–Trinajstić information content (AvgIpc) is 2.50. The van der Waals surface area contributed by atoms with E-state index in [-0.39, 0.29) is 18.9 Å². The quantitative estimate of drug-likeness (QED) is 0.247. The van der Waals surface area contributed by atoms with Crippen LogP contribution in [0, 0.1) is 0 Å². The van der Waals surface area contributed by atoms with E-state index in [2.05, 4.69) is 6.92 Å². The summed E-state index contributed by atoms with van der Waals surface area (Å²) >= 11 is 0. The molecule has 0 aromatic rings. The average molecular weight is 320 g/mol. The fraction of sp³-hybridized carbons (Fsp3) is 0.947. The first-order valence-electron chi connectivity index (χ1n) is 9.51. The summed E-state index contributed by atoms with van der Waals surface area (Å²) in [6.45, 7) is 4.00. The van der Waals surface area contributed by atoms with E-state index >= 15 is 0 Å². The molecule has 0 aliphatic heterocycles. The first kappa shape index (κ1) is 25.3. The summed E-state index contributed by atoms with van der Waals surface area (Å²) in [5.41, 5.74) is 0. The molecular formula is C19H37LiO3. The Labute approximate surface area is 156 Å². The first-order valence-corrected chi connectivity index (χ1v) is 9.51. The smallest absolute Gasteiger partial charge is 0.844 e. The molecule has 0 saturated heterocycles. The van der Waals surface area contributed by atoms with Gasteiger partial charge in [-0.25, -0.2) is 0 Å². The van der Waals surface area contributed by atoms with E-state index in [0.29, 0.717) is 6.61 Å². The van der Waals surface area contributed by atoms with Crippen molar-refractivity contribution in [1.29, 1.82) is 0 Å². The third-order valence-electron chi connectivity index (χ3n) is 4.07. The van der Waals surface area contributed by atoms with Crippen LogP contribution in [0.15, 0.2) is 0 Å². The molecule has 1 atom stereocenters. The molecule has 132 valence electrons. The Kier molecular flexibility index (Phi) is 22.1. The number of carbonyl (C=O) groups excluding carboxylic acids is 1. The van der Waals surface area contributed by atoms with Crippen LogP contribution in [-0.4, -0.2) is 18.7 Å². The van der Waals surface area contributed by atoms with Gasteiger partial charge in [0.1, 0.15) is 0 Å². The zero-order valence-corrected chi connectivity index (χ0v) is 15.9. The molecule has 3 nitrogen and oxygen atoms in total. The van der Waals surface area contributed by atoms with Crippen molar-refractivity contribution < 1.29 is 33.5 Å². The van der Waals surface area contributed by atoms with Crippen LogP contribution in [0.5, 0.6) is 0 Å². The fourth-order valence-electron chi connectivity index (χ4n) is 2.59. The second-order valence-corrected chi connectivity index (χ2v) is 6.41. The van der Waals surface area contributed by atoms with Gasteiger partial charge >= 0.3 is 18.9 Å². The van der Waals surface area contributed by atoms with Gasteiger partial charge in [0.15, 0.2) is 0 Å². The Hall–Kier alpha value is 0.0274. The number of hydrogen-bond donors (Lipinski definition) is 0. The molecule has 1 unspecified atom stereocenters. The van der Waals surface area contributed by atoms with Crippen LogP contribution < -0.4 is 24.0 Å². The van der Waals surface area contributed by atoms with Crippen LogP contribution in [0.2, 0.25) is 0 Å². The number of rotatable bonds is 16. The van der Waals surface area contributed by atoms with E-state index in [1.807, 2.05) is 0 Å². The maximum Gasteiger partial charge on any atom is 1.00 e. The second-order valence-electron chi connectivity index (χ2n) is 6.41. The molecule has 0 amide bonds. The largest absolute Gasteiger partial charge is 1.00 e.